The lowest BCUT2D eigenvalue weighted by molar-refractivity contribution is -0.128. The Labute approximate surface area is 187 Å². The lowest BCUT2D eigenvalue weighted by atomic mass is 9.68. The van der Waals surface area contributed by atoms with Crippen molar-refractivity contribution in [3.63, 3.8) is 0 Å². The largest absolute Gasteiger partial charge is 0.487 e. The zero-order valence-electron chi connectivity index (χ0n) is 17.9. The summed E-state index contributed by atoms with van der Waals surface area (Å²) in [7, 11) is 0. The number of hydrogen-bond donors (Lipinski definition) is 1. The minimum Gasteiger partial charge on any atom is -0.487 e. The maximum Gasteiger partial charge on any atom is 0.230 e. The molecular weight excluding hydrogens is 405 g/mol. The molecule has 0 saturated heterocycles. The van der Waals surface area contributed by atoms with Crippen LogP contribution in [0.4, 0.5) is 4.39 Å². The fourth-order valence-electron chi connectivity index (χ4n) is 5.10. The molecule has 5 nitrogen and oxygen atoms in total. The van der Waals surface area contributed by atoms with E-state index in [-0.39, 0.29) is 17.8 Å². The molecule has 2 aromatic carbocycles. The van der Waals surface area contributed by atoms with Crippen molar-refractivity contribution >= 4 is 5.91 Å². The SMILES string of the molecule is O=C(NCC1Cc2cc(F)cc(-c3cncnc3)c2O1)C1(c2ccccc2)CCCCC1. The van der Waals surface area contributed by atoms with Crippen LogP contribution >= 0.6 is 0 Å². The summed E-state index contributed by atoms with van der Waals surface area (Å²) >= 11 is 0. The third kappa shape index (κ3) is 3.85. The van der Waals surface area contributed by atoms with E-state index in [1.54, 1.807) is 12.4 Å². The summed E-state index contributed by atoms with van der Waals surface area (Å²) in [6, 6.07) is 13.1. The van der Waals surface area contributed by atoms with Crippen LogP contribution in [0.25, 0.3) is 11.1 Å². The Bertz CT molecular complexity index is 1100. The zero-order chi connectivity index (χ0) is 22.0. The van der Waals surface area contributed by atoms with Crippen LogP contribution < -0.4 is 10.1 Å². The fourth-order valence-corrected chi connectivity index (χ4v) is 5.10. The number of nitrogens with one attached hydrogen (secondary N) is 1. The summed E-state index contributed by atoms with van der Waals surface area (Å²) in [6.45, 7) is 0.383. The highest BCUT2D eigenvalue weighted by molar-refractivity contribution is 5.88. The average Bonchev–Trinajstić information content (AvgIpc) is 3.26. The first kappa shape index (κ1) is 20.6. The van der Waals surface area contributed by atoms with Gasteiger partial charge in [0.1, 0.15) is 24.0 Å². The molecule has 2 aliphatic rings. The smallest absolute Gasteiger partial charge is 0.230 e. The normalized spacial score (nSPS) is 19.1. The number of nitrogens with zero attached hydrogens (tertiary/aromatic N) is 2. The minimum absolute atomic E-state index is 0.0609. The second kappa shape index (κ2) is 8.69. The third-order valence-electron chi connectivity index (χ3n) is 6.69. The molecule has 1 unspecified atom stereocenters. The number of fused-ring (bicyclic) bond motifs is 1. The Morgan fingerprint density at radius 1 is 1.09 bits per heavy atom. The van der Waals surface area contributed by atoms with Gasteiger partial charge >= 0.3 is 0 Å². The second-order valence-corrected chi connectivity index (χ2v) is 8.73. The molecule has 32 heavy (non-hydrogen) atoms. The van der Waals surface area contributed by atoms with Crippen molar-refractivity contribution in [3.8, 4) is 16.9 Å². The van der Waals surface area contributed by atoms with Crippen LogP contribution in [0.1, 0.15) is 43.2 Å². The van der Waals surface area contributed by atoms with E-state index in [4.69, 9.17) is 4.74 Å². The quantitative estimate of drug-likeness (QED) is 0.641. The van der Waals surface area contributed by atoms with E-state index in [0.717, 1.165) is 36.8 Å². The van der Waals surface area contributed by atoms with Crippen molar-refractivity contribution in [2.45, 2.75) is 50.0 Å². The standard InChI is InChI=1S/C26H26FN3O2/c27-21-11-18-12-22(32-24(18)23(13-21)19-14-28-17-29-15-19)16-30-25(31)26(9-5-2-6-10-26)20-7-3-1-4-8-20/h1,3-4,7-8,11,13-15,17,22H,2,5-6,9-10,12,16H2,(H,30,31). The summed E-state index contributed by atoms with van der Waals surface area (Å²) in [5, 5.41) is 3.16. The van der Waals surface area contributed by atoms with Crippen molar-refractivity contribution in [2.24, 2.45) is 0 Å². The first-order chi connectivity index (χ1) is 15.7. The molecule has 1 atom stereocenters. The molecule has 1 aromatic heterocycles. The van der Waals surface area contributed by atoms with Gasteiger partial charge in [-0.05, 0) is 30.5 Å². The third-order valence-corrected chi connectivity index (χ3v) is 6.69. The predicted octanol–water partition coefficient (Wildman–Crippen LogP) is 4.60. The van der Waals surface area contributed by atoms with Gasteiger partial charge in [-0.1, -0.05) is 49.6 Å². The van der Waals surface area contributed by atoms with Crippen LogP contribution in [0.5, 0.6) is 5.75 Å². The molecule has 6 heteroatoms. The number of carbonyl (C=O) groups excluding carboxylic acids is 1. The molecule has 1 saturated carbocycles. The number of ether oxygens (including phenoxy) is 1. The van der Waals surface area contributed by atoms with E-state index in [0.29, 0.717) is 29.8 Å². The first-order valence-corrected chi connectivity index (χ1v) is 11.2. The topological polar surface area (TPSA) is 64.1 Å². The Kier molecular flexibility index (Phi) is 5.60. The summed E-state index contributed by atoms with van der Waals surface area (Å²) < 4.78 is 20.5. The van der Waals surface area contributed by atoms with Gasteiger partial charge in [0.25, 0.3) is 0 Å². The van der Waals surface area contributed by atoms with Crippen molar-refractivity contribution in [1.82, 2.24) is 15.3 Å². The molecule has 1 aliphatic carbocycles. The van der Waals surface area contributed by atoms with Gasteiger partial charge < -0.3 is 10.1 Å². The van der Waals surface area contributed by atoms with Gasteiger partial charge in [0.2, 0.25) is 5.91 Å². The van der Waals surface area contributed by atoms with E-state index in [9.17, 15) is 9.18 Å². The molecule has 1 aliphatic heterocycles. The Balaban J connectivity index is 1.32. The van der Waals surface area contributed by atoms with E-state index in [1.807, 2.05) is 18.2 Å². The van der Waals surface area contributed by atoms with Crippen LogP contribution in [0, 0.1) is 5.82 Å². The lowest BCUT2D eigenvalue weighted by Crippen LogP contribution is -2.48. The number of benzene rings is 2. The monoisotopic (exact) mass is 431 g/mol. The molecule has 1 N–H and O–H groups in total. The number of amides is 1. The van der Waals surface area contributed by atoms with E-state index >= 15 is 0 Å². The molecule has 2 heterocycles. The molecule has 1 amide bonds. The zero-order valence-corrected chi connectivity index (χ0v) is 17.9. The average molecular weight is 432 g/mol. The molecular formula is C26H26FN3O2. The summed E-state index contributed by atoms with van der Waals surface area (Å²) in [5.41, 5.74) is 2.75. The Morgan fingerprint density at radius 3 is 2.59 bits per heavy atom. The van der Waals surface area contributed by atoms with Crippen LogP contribution in [0.3, 0.4) is 0 Å². The maximum atomic E-state index is 14.3. The summed E-state index contributed by atoms with van der Waals surface area (Å²) in [5.74, 6) is 0.392. The number of carbonyl (C=O) groups is 1. The first-order valence-electron chi connectivity index (χ1n) is 11.2. The number of aromatic nitrogens is 2. The van der Waals surface area contributed by atoms with Crippen LogP contribution in [-0.2, 0) is 16.6 Å². The van der Waals surface area contributed by atoms with Gasteiger partial charge in [0.05, 0.1) is 12.0 Å². The number of halogens is 1. The Hall–Kier alpha value is -3.28. The minimum atomic E-state index is -0.483. The highest BCUT2D eigenvalue weighted by Gasteiger charge is 2.41. The van der Waals surface area contributed by atoms with Crippen molar-refractivity contribution < 1.29 is 13.9 Å². The number of hydrogen-bond acceptors (Lipinski definition) is 4. The molecule has 1 fully saturated rings. The fraction of sp³-hybridized carbons (Fsp3) is 0.346. The van der Waals surface area contributed by atoms with Gasteiger partial charge in [0.15, 0.2) is 0 Å². The molecule has 5 rings (SSSR count). The van der Waals surface area contributed by atoms with Gasteiger partial charge in [-0.15, -0.1) is 0 Å². The molecule has 0 radical (unpaired) electrons. The van der Waals surface area contributed by atoms with Gasteiger partial charge in [-0.2, -0.15) is 0 Å². The highest BCUT2D eigenvalue weighted by atomic mass is 19.1. The van der Waals surface area contributed by atoms with Crippen molar-refractivity contribution in [2.75, 3.05) is 6.54 Å². The van der Waals surface area contributed by atoms with Crippen molar-refractivity contribution in [1.29, 1.82) is 0 Å². The second-order valence-electron chi connectivity index (χ2n) is 8.73. The number of rotatable bonds is 5. The molecule has 0 spiro atoms. The lowest BCUT2D eigenvalue weighted by Gasteiger charge is -2.36. The van der Waals surface area contributed by atoms with E-state index in [2.05, 4.69) is 27.4 Å². The Morgan fingerprint density at radius 2 is 1.84 bits per heavy atom. The molecule has 164 valence electrons. The van der Waals surface area contributed by atoms with Crippen LogP contribution in [-0.4, -0.2) is 28.5 Å². The van der Waals surface area contributed by atoms with Gasteiger partial charge in [-0.25, -0.2) is 14.4 Å². The predicted molar refractivity (Wildman–Crippen MR) is 120 cm³/mol. The van der Waals surface area contributed by atoms with Crippen molar-refractivity contribution in [3.05, 3.63) is 78.1 Å². The van der Waals surface area contributed by atoms with E-state index in [1.165, 1.54) is 24.9 Å². The molecule has 3 aromatic rings. The van der Waals surface area contributed by atoms with Gasteiger partial charge in [-0.3, -0.25) is 4.79 Å². The summed E-state index contributed by atoms with van der Waals surface area (Å²) in [4.78, 5) is 21.5. The van der Waals surface area contributed by atoms with Gasteiger partial charge in [0, 0.05) is 35.5 Å². The van der Waals surface area contributed by atoms with Crippen LogP contribution in [0.15, 0.2) is 61.2 Å². The summed E-state index contributed by atoms with van der Waals surface area (Å²) in [6.07, 6.45) is 10.0. The van der Waals surface area contributed by atoms with E-state index < -0.39 is 5.41 Å². The maximum absolute atomic E-state index is 14.3. The van der Waals surface area contributed by atoms with Crippen LogP contribution in [0.2, 0.25) is 0 Å². The highest BCUT2D eigenvalue weighted by Crippen LogP contribution is 2.41. The molecule has 0 bridgehead atoms.